The normalized spacial score (nSPS) is 13.8. The zero-order valence-corrected chi connectivity index (χ0v) is 18.8. The Hall–Kier alpha value is -3.43. The molecule has 0 radical (unpaired) electrons. The van der Waals surface area contributed by atoms with Crippen LogP contribution in [0, 0.1) is 11.8 Å². The van der Waals surface area contributed by atoms with Gasteiger partial charge in [0.25, 0.3) is 11.8 Å². The van der Waals surface area contributed by atoms with Crippen LogP contribution in [0.5, 0.6) is 0 Å². The Labute approximate surface area is 192 Å². The molecule has 1 aliphatic rings. The molecule has 2 heterocycles. The molecule has 2 amide bonds. The molecule has 1 aromatic heterocycles. The van der Waals surface area contributed by atoms with Crippen molar-refractivity contribution in [2.24, 2.45) is 0 Å². The predicted octanol–water partition coefficient (Wildman–Crippen LogP) is 5.18. The van der Waals surface area contributed by atoms with Gasteiger partial charge in [-0.3, -0.25) is 9.59 Å². The summed E-state index contributed by atoms with van der Waals surface area (Å²) in [6.07, 6.45) is 2.36. The molecule has 3 aromatic rings. The summed E-state index contributed by atoms with van der Waals surface area (Å²) in [5.41, 5.74) is 3.21. The maximum absolute atomic E-state index is 12.9. The molecule has 0 bridgehead atoms. The van der Waals surface area contributed by atoms with E-state index in [1.54, 1.807) is 4.90 Å². The third-order valence-corrected chi connectivity index (χ3v) is 6.53. The van der Waals surface area contributed by atoms with Crippen LogP contribution >= 0.6 is 11.3 Å². The Balaban J connectivity index is 1.41. The SMILES string of the molecule is CCC#CC(=O)N1CCC(c2nc(C(=O)Nc3ccccc3-c3ccccc3)cs2)CC1. The van der Waals surface area contributed by atoms with Crippen LogP contribution in [-0.2, 0) is 4.79 Å². The van der Waals surface area contributed by atoms with Gasteiger partial charge in [0.15, 0.2) is 0 Å². The number of amides is 2. The third-order valence-electron chi connectivity index (χ3n) is 5.52. The first-order valence-electron chi connectivity index (χ1n) is 10.8. The highest BCUT2D eigenvalue weighted by Crippen LogP contribution is 2.31. The number of thiazole rings is 1. The van der Waals surface area contributed by atoms with Crippen molar-refractivity contribution in [1.29, 1.82) is 0 Å². The average Bonchev–Trinajstić information content (AvgIpc) is 3.34. The Morgan fingerprint density at radius 2 is 1.81 bits per heavy atom. The number of aromatic nitrogens is 1. The number of benzene rings is 2. The van der Waals surface area contributed by atoms with Gasteiger partial charge in [-0.05, 0) is 30.4 Å². The molecule has 0 aliphatic carbocycles. The zero-order chi connectivity index (χ0) is 22.3. The number of nitrogens with one attached hydrogen (secondary N) is 1. The molecule has 5 nitrogen and oxygen atoms in total. The number of para-hydroxylation sites is 1. The van der Waals surface area contributed by atoms with Gasteiger partial charge in [-0.1, -0.05) is 61.4 Å². The fraction of sp³-hybridized carbons (Fsp3) is 0.269. The summed E-state index contributed by atoms with van der Waals surface area (Å²) in [7, 11) is 0. The van der Waals surface area contributed by atoms with Crippen molar-refractivity contribution >= 4 is 28.8 Å². The van der Waals surface area contributed by atoms with E-state index < -0.39 is 0 Å². The summed E-state index contributed by atoms with van der Waals surface area (Å²) in [5.74, 6) is 5.49. The number of piperidine rings is 1. The maximum atomic E-state index is 12.9. The number of rotatable bonds is 4. The first kappa shape index (κ1) is 21.8. The number of anilines is 1. The van der Waals surface area contributed by atoms with Gasteiger partial charge in [0, 0.05) is 42.1 Å². The van der Waals surface area contributed by atoms with Gasteiger partial charge in [-0.25, -0.2) is 4.98 Å². The van der Waals surface area contributed by atoms with Gasteiger partial charge in [0.05, 0.1) is 5.01 Å². The molecule has 0 saturated carbocycles. The molecule has 4 rings (SSSR count). The molecule has 0 spiro atoms. The molecule has 1 aliphatic heterocycles. The monoisotopic (exact) mass is 443 g/mol. The highest BCUT2D eigenvalue weighted by atomic mass is 32.1. The van der Waals surface area contributed by atoms with E-state index in [-0.39, 0.29) is 17.7 Å². The molecule has 0 unspecified atom stereocenters. The minimum Gasteiger partial charge on any atom is -0.332 e. The molecule has 0 atom stereocenters. The number of nitrogens with zero attached hydrogens (tertiary/aromatic N) is 2. The van der Waals surface area contributed by atoms with Crippen molar-refractivity contribution in [2.75, 3.05) is 18.4 Å². The molecule has 1 N–H and O–H groups in total. The molecule has 6 heteroatoms. The second-order valence-electron chi connectivity index (χ2n) is 7.66. The summed E-state index contributed by atoms with van der Waals surface area (Å²) in [4.78, 5) is 31.4. The summed E-state index contributed by atoms with van der Waals surface area (Å²) in [5, 5.41) is 5.80. The number of hydrogen-bond acceptors (Lipinski definition) is 4. The number of hydrogen-bond donors (Lipinski definition) is 1. The zero-order valence-electron chi connectivity index (χ0n) is 18.0. The van der Waals surface area contributed by atoms with E-state index in [0.29, 0.717) is 25.2 Å². The van der Waals surface area contributed by atoms with E-state index in [1.165, 1.54) is 11.3 Å². The van der Waals surface area contributed by atoms with Crippen LogP contribution in [0.4, 0.5) is 5.69 Å². The van der Waals surface area contributed by atoms with Crippen LogP contribution in [0.1, 0.15) is 47.6 Å². The van der Waals surface area contributed by atoms with E-state index in [2.05, 4.69) is 22.1 Å². The summed E-state index contributed by atoms with van der Waals surface area (Å²) in [6, 6.07) is 17.8. The van der Waals surface area contributed by atoms with Crippen LogP contribution in [0.15, 0.2) is 60.0 Å². The van der Waals surface area contributed by atoms with Crippen molar-refractivity contribution in [2.45, 2.75) is 32.1 Å². The standard InChI is InChI=1S/C26H25N3O2S/c1-2-3-13-24(30)29-16-14-20(15-17-29)26-28-23(18-32-26)25(31)27-22-12-8-7-11-21(22)19-9-5-4-6-10-19/h4-12,18,20H,2,14-17H2,1H3,(H,27,31). The highest BCUT2D eigenvalue weighted by molar-refractivity contribution is 7.10. The first-order valence-corrected chi connectivity index (χ1v) is 11.7. The molecular weight excluding hydrogens is 418 g/mol. The minimum absolute atomic E-state index is 0.0958. The Morgan fingerprint density at radius 1 is 1.09 bits per heavy atom. The summed E-state index contributed by atoms with van der Waals surface area (Å²) in [6.45, 7) is 3.28. The van der Waals surface area contributed by atoms with Crippen molar-refractivity contribution in [3.63, 3.8) is 0 Å². The maximum Gasteiger partial charge on any atom is 0.298 e. The minimum atomic E-state index is -0.210. The van der Waals surface area contributed by atoms with Gasteiger partial charge < -0.3 is 10.2 Å². The molecule has 1 saturated heterocycles. The van der Waals surface area contributed by atoms with Gasteiger partial charge in [-0.2, -0.15) is 0 Å². The second-order valence-corrected chi connectivity index (χ2v) is 8.55. The van der Waals surface area contributed by atoms with Crippen LogP contribution in [0.2, 0.25) is 0 Å². The number of carbonyl (C=O) groups is 2. The largest absolute Gasteiger partial charge is 0.332 e. The van der Waals surface area contributed by atoms with Crippen molar-refractivity contribution in [3.8, 4) is 23.0 Å². The van der Waals surface area contributed by atoms with Crippen LogP contribution < -0.4 is 5.32 Å². The summed E-state index contributed by atoms with van der Waals surface area (Å²) < 4.78 is 0. The van der Waals surface area contributed by atoms with Crippen LogP contribution in [-0.4, -0.2) is 34.8 Å². The lowest BCUT2D eigenvalue weighted by atomic mass is 9.97. The predicted molar refractivity (Wildman–Crippen MR) is 129 cm³/mol. The first-order chi connectivity index (χ1) is 15.7. The quantitative estimate of drug-likeness (QED) is 0.565. The Bertz CT molecular complexity index is 1150. The second kappa shape index (κ2) is 10.3. The van der Waals surface area contributed by atoms with Crippen LogP contribution in [0.3, 0.4) is 0 Å². The van der Waals surface area contributed by atoms with Gasteiger partial charge in [0.2, 0.25) is 0 Å². The van der Waals surface area contributed by atoms with Crippen molar-refractivity contribution < 1.29 is 9.59 Å². The third kappa shape index (κ3) is 5.06. The van der Waals surface area contributed by atoms with Crippen molar-refractivity contribution in [1.82, 2.24) is 9.88 Å². The lowest BCUT2D eigenvalue weighted by Gasteiger charge is -2.29. The summed E-state index contributed by atoms with van der Waals surface area (Å²) >= 11 is 1.52. The molecule has 1 fully saturated rings. The van der Waals surface area contributed by atoms with Gasteiger partial charge in [0.1, 0.15) is 5.69 Å². The molecule has 32 heavy (non-hydrogen) atoms. The van der Waals surface area contributed by atoms with E-state index in [0.717, 1.165) is 34.7 Å². The van der Waals surface area contributed by atoms with E-state index >= 15 is 0 Å². The number of carbonyl (C=O) groups excluding carboxylic acids is 2. The van der Waals surface area contributed by atoms with E-state index in [9.17, 15) is 9.59 Å². The Morgan fingerprint density at radius 3 is 2.56 bits per heavy atom. The van der Waals surface area contributed by atoms with E-state index in [4.69, 9.17) is 0 Å². The fourth-order valence-corrected chi connectivity index (χ4v) is 4.77. The molecular formula is C26H25N3O2S. The Kier molecular flexibility index (Phi) is 6.98. The lowest BCUT2D eigenvalue weighted by Crippen LogP contribution is -2.37. The lowest BCUT2D eigenvalue weighted by molar-refractivity contribution is -0.126. The molecule has 2 aromatic carbocycles. The van der Waals surface area contributed by atoms with E-state index in [1.807, 2.05) is 66.9 Å². The number of likely N-dealkylation sites (tertiary alicyclic amines) is 1. The topological polar surface area (TPSA) is 62.3 Å². The van der Waals surface area contributed by atoms with Gasteiger partial charge in [-0.15, -0.1) is 11.3 Å². The highest BCUT2D eigenvalue weighted by Gasteiger charge is 2.26. The van der Waals surface area contributed by atoms with Gasteiger partial charge >= 0.3 is 0 Å². The smallest absolute Gasteiger partial charge is 0.298 e. The van der Waals surface area contributed by atoms with Crippen LogP contribution in [0.25, 0.3) is 11.1 Å². The average molecular weight is 444 g/mol. The molecule has 162 valence electrons. The fourth-order valence-electron chi connectivity index (χ4n) is 3.80. The van der Waals surface area contributed by atoms with Crippen molar-refractivity contribution in [3.05, 3.63) is 70.7 Å².